The van der Waals surface area contributed by atoms with Gasteiger partial charge >= 0.3 is 0 Å². The zero-order valence-corrected chi connectivity index (χ0v) is 16.7. The van der Waals surface area contributed by atoms with Crippen LogP contribution in [0.2, 0.25) is 5.02 Å². The zero-order valence-electron chi connectivity index (χ0n) is 15.9. The minimum absolute atomic E-state index is 0.261. The third-order valence-corrected chi connectivity index (χ3v) is 5.60. The lowest BCUT2D eigenvalue weighted by Gasteiger charge is -2.06. The second kappa shape index (κ2) is 6.91. The van der Waals surface area contributed by atoms with Crippen molar-refractivity contribution in [1.29, 1.82) is 0 Å². The van der Waals surface area contributed by atoms with E-state index in [1.807, 2.05) is 6.07 Å². The third-order valence-electron chi connectivity index (χ3n) is 5.36. The van der Waals surface area contributed by atoms with Gasteiger partial charge in [-0.3, -0.25) is 10.1 Å². The van der Waals surface area contributed by atoms with E-state index in [4.69, 9.17) is 11.6 Å². The molecule has 30 heavy (non-hydrogen) atoms. The summed E-state index contributed by atoms with van der Waals surface area (Å²) < 4.78 is 30.3. The highest BCUT2D eigenvalue weighted by Gasteiger charge is 2.28. The van der Waals surface area contributed by atoms with Crippen LogP contribution in [0.5, 0.6) is 0 Å². The Bertz CT molecular complexity index is 1330. The van der Waals surface area contributed by atoms with E-state index in [0.717, 1.165) is 35.3 Å². The number of nitrogens with zero attached hydrogens (tertiary/aromatic N) is 4. The number of hydrogen-bond acceptors (Lipinski definition) is 3. The highest BCUT2D eigenvalue weighted by molar-refractivity contribution is 6.31. The normalized spacial score (nSPS) is 13.1. The average Bonchev–Trinajstić information content (AvgIpc) is 3.39. The predicted molar refractivity (Wildman–Crippen MR) is 109 cm³/mol. The molecule has 6 nitrogen and oxygen atoms in total. The number of benzene rings is 2. The van der Waals surface area contributed by atoms with E-state index in [1.54, 1.807) is 23.7 Å². The fourth-order valence-corrected chi connectivity index (χ4v) is 4.06. The molecule has 0 atom stereocenters. The topological polar surface area (TPSA) is 64.7 Å². The van der Waals surface area contributed by atoms with Crippen LogP contribution in [-0.2, 0) is 19.9 Å². The molecule has 1 N–H and O–H groups in total. The number of aryl methyl sites for hydroxylation is 1. The number of nitrogens with one attached hydrogen (secondary N) is 1. The van der Waals surface area contributed by atoms with E-state index in [-0.39, 0.29) is 5.69 Å². The standard InChI is InChI=1S/C21H16ClF2N5O/c1-28-18-8-5-11(22)9-16(18)25-21(28)26-20(30)19-13-3-2-4-17(13)29(27-19)12-6-7-14(23)15(24)10-12/h5-10H,2-4H2,1H3,(H,25,26,30). The summed E-state index contributed by atoms with van der Waals surface area (Å²) >= 11 is 6.03. The number of rotatable bonds is 3. The molecule has 0 unspecified atom stereocenters. The number of anilines is 1. The van der Waals surface area contributed by atoms with E-state index in [9.17, 15) is 13.6 Å². The largest absolute Gasteiger partial charge is 0.313 e. The Labute approximate surface area is 175 Å². The summed E-state index contributed by atoms with van der Waals surface area (Å²) in [5.74, 6) is -1.92. The molecule has 4 aromatic rings. The Morgan fingerprint density at radius 1 is 1.13 bits per heavy atom. The molecule has 0 saturated heterocycles. The summed E-state index contributed by atoms with van der Waals surface area (Å²) in [5, 5.41) is 7.79. The molecule has 0 saturated carbocycles. The van der Waals surface area contributed by atoms with Gasteiger partial charge in [0.15, 0.2) is 17.3 Å². The van der Waals surface area contributed by atoms with Gasteiger partial charge in [0.05, 0.1) is 16.7 Å². The van der Waals surface area contributed by atoms with Crippen molar-refractivity contribution in [3.63, 3.8) is 0 Å². The highest BCUT2D eigenvalue weighted by atomic mass is 35.5. The number of hydrogen-bond donors (Lipinski definition) is 1. The lowest BCUT2D eigenvalue weighted by Crippen LogP contribution is -2.17. The van der Waals surface area contributed by atoms with Gasteiger partial charge in [-0.25, -0.2) is 18.4 Å². The van der Waals surface area contributed by atoms with Gasteiger partial charge in [0.25, 0.3) is 5.91 Å². The molecular formula is C21H16ClF2N5O. The first-order valence-corrected chi connectivity index (χ1v) is 9.79. The maximum Gasteiger partial charge on any atom is 0.278 e. The highest BCUT2D eigenvalue weighted by Crippen LogP contribution is 2.29. The summed E-state index contributed by atoms with van der Waals surface area (Å²) in [5.41, 5.74) is 3.79. The van der Waals surface area contributed by atoms with Crippen LogP contribution in [0.3, 0.4) is 0 Å². The molecule has 0 bridgehead atoms. The van der Waals surface area contributed by atoms with Crippen molar-refractivity contribution in [1.82, 2.24) is 19.3 Å². The molecule has 0 aliphatic heterocycles. The van der Waals surface area contributed by atoms with E-state index in [2.05, 4.69) is 15.4 Å². The fraction of sp³-hybridized carbons (Fsp3) is 0.190. The van der Waals surface area contributed by atoms with Crippen molar-refractivity contribution < 1.29 is 13.6 Å². The summed E-state index contributed by atoms with van der Waals surface area (Å²) in [4.78, 5) is 17.5. The van der Waals surface area contributed by atoms with Crippen molar-refractivity contribution in [2.45, 2.75) is 19.3 Å². The number of aromatic nitrogens is 4. The Morgan fingerprint density at radius 2 is 1.97 bits per heavy atom. The van der Waals surface area contributed by atoms with Crippen LogP contribution in [0.1, 0.15) is 28.2 Å². The predicted octanol–water partition coefficient (Wildman–Crippen LogP) is 4.43. The van der Waals surface area contributed by atoms with Crippen molar-refractivity contribution >= 4 is 34.5 Å². The molecule has 0 fully saturated rings. The van der Waals surface area contributed by atoms with Crippen LogP contribution in [0, 0.1) is 11.6 Å². The first kappa shape index (κ1) is 18.7. The monoisotopic (exact) mass is 427 g/mol. The fourth-order valence-electron chi connectivity index (χ4n) is 3.90. The Morgan fingerprint density at radius 3 is 2.77 bits per heavy atom. The molecule has 1 aliphatic rings. The minimum atomic E-state index is -0.959. The molecule has 2 aromatic carbocycles. The van der Waals surface area contributed by atoms with Gasteiger partial charge in [-0.2, -0.15) is 5.10 Å². The van der Waals surface area contributed by atoms with Crippen LogP contribution >= 0.6 is 11.6 Å². The van der Waals surface area contributed by atoms with E-state index in [0.29, 0.717) is 35.0 Å². The molecule has 9 heteroatoms. The van der Waals surface area contributed by atoms with Crippen molar-refractivity contribution in [3.05, 3.63) is 70.0 Å². The maximum atomic E-state index is 13.7. The number of imidazole rings is 1. The van der Waals surface area contributed by atoms with Gasteiger partial charge in [-0.05, 0) is 49.6 Å². The summed E-state index contributed by atoms with van der Waals surface area (Å²) in [6.45, 7) is 0. The molecule has 1 aliphatic carbocycles. The van der Waals surface area contributed by atoms with E-state index in [1.165, 1.54) is 10.7 Å². The summed E-state index contributed by atoms with van der Waals surface area (Å²) in [6.07, 6.45) is 2.27. The Hall–Kier alpha value is -3.26. The van der Waals surface area contributed by atoms with Crippen LogP contribution in [0.25, 0.3) is 16.7 Å². The first-order valence-electron chi connectivity index (χ1n) is 9.42. The maximum absolute atomic E-state index is 13.7. The minimum Gasteiger partial charge on any atom is -0.313 e. The summed E-state index contributed by atoms with van der Waals surface area (Å²) in [6, 6.07) is 8.89. The molecular weight excluding hydrogens is 412 g/mol. The number of carbonyl (C=O) groups excluding carboxylic acids is 1. The van der Waals surface area contributed by atoms with Gasteiger partial charge in [-0.1, -0.05) is 11.6 Å². The molecule has 2 heterocycles. The van der Waals surface area contributed by atoms with Crippen LogP contribution in [-0.4, -0.2) is 25.2 Å². The molecule has 1 amide bonds. The van der Waals surface area contributed by atoms with Gasteiger partial charge < -0.3 is 4.57 Å². The van der Waals surface area contributed by atoms with Gasteiger partial charge in [-0.15, -0.1) is 0 Å². The number of amides is 1. The van der Waals surface area contributed by atoms with Crippen molar-refractivity contribution in [2.75, 3.05) is 5.32 Å². The quantitative estimate of drug-likeness (QED) is 0.526. The van der Waals surface area contributed by atoms with Crippen molar-refractivity contribution in [3.8, 4) is 5.69 Å². The lowest BCUT2D eigenvalue weighted by molar-refractivity contribution is 0.102. The second-order valence-electron chi connectivity index (χ2n) is 7.22. The molecule has 2 aromatic heterocycles. The van der Waals surface area contributed by atoms with Gasteiger partial charge in [0.2, 0.25) is 5.95 Å². The Kier molecular flexibility index (Phi) is 4.32. The van der Waals surface area contributed by atoms with Crippen molar-refractivity contribution in [2.24, 2.45) is 7.05 Å². The molecule has 0 radical (unpaired) electrons. The SMILES string of the molecule is Cn1c(NC(=O)c2nn(-c3ccc(F)c(F)c3)c3c2CCC3)nc2cc(Cl)ccc21. The molecule has 0 spiro atoms. The molecule has 152 valence electrons. The van der Waals surface area contributed by atoms with Crippen LogP contribution in [0.15, 0.2) is 36.4 Å². The zero-order chi connectivity index (χ0) is 21.0. The third kappa shape index (κ3) is 2.95. The average molecular weight is 428 g/mol. The van der Waals surface area contributed by atoms with Crippen LogP contribution < -0.4 is 5.32 Å². The number of fused-ring (bicyclic) bond motifs is 2. The second-order valence-corrected chi connectivity index (χ2v) is 7.66. The summed E-state index contributed by atoms with van der Waals surface area (Å²) in [7, 11) is 1.79. The first-order chi connectivity index (χ1) is 14.4. The smallest absolute Gasteiger partial charge is 0.278 e. The van der Waals surface area contributed by atoms with Crippen LogP contribution in [0.4, 0.5) is 14.7 Å². The van der Waals surface area contributed by atoms with Gasteiger partial charge in [0.1, 0.15) is 0 Å². The number of carbonyl (C=O) groups is 1. The molecule has 5 rings (SSSR count). The van der Waals surface area contributed by atoms with Gasteiger partial charge in [0, 0.05) is 29.4 Å². The number of halogens is 3. The Balaban J connectivity index is 1.52. The van der Waals surface area contributed by atoms with E-state index < -0.39 is 17.5 Å². The van der Waals surface area contributed by atoms with E-state index >= 15 is 0 Å². The lowest BCUT2D eigenvalue weighted by atomic mass is 10.2.